The summed E-state index contributed by atoms with van der Waals surface area (Å²) in [7, 11) is 0. The highest BCUT2D eigenvalue weighted by molar-refractivity contribution is 5.93. The van der Waals surface area contributed by atoms with Crippen LogP contribution in [0.3, 0.4) is 0 Å². The molecule has 2 aliphatic rings. The fourth-order valence-corrected chi connectivity index (χ4v) is 2.74. The van der Waals surface area contributed by atoms with Gasteiger partial charge >= 0.3 is 0 Å². The van der Waals surface area contributed by atoms with Gasteiger partial charge in [-0.1, -0.05) is 0 Å². The Hall–Kier alpha value is -1.56. The Morgan fingerprint density at radius 1 is 1.47 bits per heavy atom. The van der Waals surface area contributed by atoms with Crippen molar-refractivity contribution in [2.24, 2.45) is 0 Å². The molecule has 1 aromatic heterocycles. The first-order chi connectivity index (χ1) is 9.01. The molecule has 102 valence electrons. The number of hydrogen-bond donors (Lipinski definition) is 1. The molecule has 3 rings (SSSR count). The van der Waals surface area contributed by atoms with Crippen molar-refractivity contribution in [1.29, 1.82) is 0 Å². The highest BCUT2D eigenvalue weighted by atomic mass is 19.1. The van der Waals surface area contributed by atoms with E-state index >= 15 is 0 Å². The number of likely N-dealkylation sites (tertiary alicyclic amines) is 1. The minimum absolute atomic E-state index is 0.272. The number of aromatic nitrogens is 1. The van der Waals surface area contributed by atoms with Gasteiger partial charge in [-0.3, -0.25) is 4.79 Å². The summed E-state index contributed by atoms with van der Waals surface area (Å²) >= 11 is 0. The second-order valence-electron chi connectivity index (χ2n) is 5.24. The van der Waals surface area contributed by atoms with E-state index in [9.17, 15) is 18.7 Å². The first kappa shape index (κ1) is 12.5. The lowest BCUT2D eigenvalue weighted by Gasteiger charge is -2.28. The quantitative estimate of drug-likeness (QED) is 0.884. The van der Waals surface area contributed by atoms with Crippen LogP contribution in [0.2, 0.25) is 0 Å². The zero-order valence-corrected chi connectivity index (χ0v) is 10.3. The summed E-state index contributed by atoms with van der Waals surface area (Å²) in [6.07, 6.45) is 3.65. The molecular weight excluding hydrogens is 254 g/mol. The maximum Gasteiger partial charge on any atom is 0.275 e. The molecule has 0 spiro atoms. The van der Waals surface area contributed by atoms with Crippen LogP contribution in [-0.4, -0.2) is 39.1 Å². The maximum atomic E-state index is 13.6. The summed E-state index contributed by atoms with van der Waals surface area (Å²) in [6.45, 7) is 0.476. The second-order valence-corrected chi connectivity index (χ2v) is 5.24. The van der Waals surface area contributed by atoms with Crippen LogP contribution in [0, 0.1) is 11.6 Å². The summed E-state index contributed by atoms with van der Waals surface area (Å²) in [4.78, 5) is 17.3. The smallest absolute Gasteiger partial charge is 0.275 e. The number of nitrogens with zero attached hydrogens (tertiary/aromatic N) is 2. The summed E-state index contributed by atoms with van der Waals surface area (Å²) in [6, 6.07) is 0.378. The third-order valence-corrected chi connectivity index (χ3v) is 3.91. The van der Waals surface area contributed by atoms with Crippen LogP contribution in [0.15, 0.2) is 12.3 Å². The third kappa shape index (κ3) is 2.10. The third-order valence-electron chi connectivity index (χ3n) is 3.91. The first-order valence-electron chi connectivity index (χ1n) is 6.36. The van der Waals surface area contributed by atoms with Crippen LogP contribution in [0.5, 0.6) is 0 Å². The molecule has 1 unspecified atom stereocenters. The van der Waals surface area contributed by atoms with Crippen LogP contribution in [0.1, 0.15) is 36.2 Å². The summed E-state index contributed by atoms with van der Waals surface area (Å²) < 4.78 is 26.4. The van der Waals surface area contributed by atoms with Gasteiger partial charge in [0, 0.05) is 12.6 Å². The van der Waals surface area contributed by atoms with E-state index < -0.39 is 23.1 Å². The lowest BCUT2D eigenvalue weighted by atomic mass is 10.1. The molecule has 6 heteroatoms. The number of rotatable bonds is 2. The van der Waals surface area contributed by atoms with E-state index in [0.29, 0.717) is 31.9 Å². The lowest BCUT2D eigenvalue weighted by molar-refractivity contribution is 0.0378. The molecule has 2 fully saturated rings. The van der Waals surface area contributed by atoms with Crippen LogP contribution < -0.4 is 0 Å². The molecule has 1 amide bonds. The molecule has 1 aliphatic carbocycles. The van der Waals surface area contributed by atoms with Gasteiger partial charge in [-0.25, -0.2) is 13.8 Å². The largest absolute Gasteiger partial charge is 0.388 e. The minimum Gasteiger partial charge on any atom is -0.388 e. The zero-order valence-electron chi connectivity index (χ0n) is 10.3. The molecule has 0 radical (unpaired) electrons. The van der Waals surface area contributed by atoms with E-state index in [1.807, 2.05) is 0 Å². The molecular formula is C13H14F2N2O2. The van der Waals surface area contributed by atoms with Crippen molar-refractivity contribution >= 4 is 5.91 Å². The Balaban J connectivity index is 1.87. The molecule has 0 aromatic carbocycles. The van der Waals surface area contributed by atoms with Crippen molar-refractivity contribution < 1.29 is 18.7 Å². The Labute approximate surface area is 109 Å². The van der Waals surface area contributed by atoms with Gasteiger partial charge < -0.3 is 10.0 Å². The fourth-order valence-electron chi connectivity index (χ4n) is 2.74. The molecule has 1 N–H and O–H groups in total. The number of pyridine rings is 1. The molecule has 1 saturated heterocycles. The normalized spacial score (nSPS) is 24.6. The molecule has 1 atom stereocenters. The fraction of sp³-hybridized carbons (Fsp3) is 0.538. The average Bonchev–Trinajstić information content (AvgIpc) is 2.93. The minimum atomic E-state index is -0.960. The molecule has 1 saturated carbocycles. The second kappa shape index (κ2) is 4.23. The number of halogens is 2. The zero-order chi connectivity index (χ0) is 13.6. The first-order valence-corrected chi connectivity index (χ1v) is 6.36. The van der Waals surface area contributed by atoms with Gasteiger partial charge in [0.1, 0.15) is 5.82 Å². The van der Waals surface area contributed by atoms with Crippen molar-refractivity contribution in [3.63, 3.8) is 0 Å². The van der Waals surface area contributed by atoms with Gasteiger partial charge in [0.25, 0.3) is 5.91 Å². The van der Waals surface area contributed by atoms with Crippen molar-refractivity contribution in [2.45, 2.75) is 37.3 Å². The van der Waals surface area contributed by atoms with Crippen LogP contribution >= 0.6 is 0 Å². The van der Waals surface area contributed by atoms with E-state index in [4.69, 9.17) is 0 Å². The van der Waals surface area contributed by atoms with Crippen molar-refractivity contribution in [3.05, 3.63) is 29.6 Å². The Bertz CT molecular complexity index is 531. The highest BCUT2D eigenvalue weighted by Crippen LogP contribution is 2.44. The molecule has 19 heavy (non-hydrogen) atoms. The highest BCUT2D eigenvalue weighted by Gasteiger charge is 2.53. The molecule has 1 aliphatic heterocycles. The predicted molar refractivity (Wildman–Crippen MR) is 62.4 cm³/mol. The Morgan fingerprint density at radius 2 is 2.21 bits per heavy atom. The SMILES string of the molecule is O=C(c1ncc(F)cc1F)N1CCCC1C1(O)CC1. The summed E-state index contributed by atoms with van der Waals surface area (Å²) in [5.41, 5.74) is -1.19. The van der Waals surface area contributed by atoms with Gasteiger partial charge in [-0.15, -0.1) is 0 Å². The number of carbonyl (C=O) groups excluding carboxylic acids is 1. The van der Waals surface area contributed by atoms with Crippen molar-refractivity contribution in [1.82, 2.24) is 9.88 Å². The topological polar surface area (TPSA) is 53.4 Å². The van der Waals surface area contributed by atoms with Gasteiger partial charge in [0.2, 0.25) is 0 Å². The number of amides is 1. The van der Waals surface area contributed by atoms with Crippen molar-refractivity contribution in [3.8, 4) is 0 Å². The lowest BCUT2D eigenvalue weighted by Crippen LogP contribution is -2.44. The molecule has 1 aromatic rings. The van der Waals surface area contributed by atoms with E-state index in [1.54, 1.807) is 0 Å². The van der Waals surface area contributed by atoms with E-state index in [-0.39, 0.29) is 11.7 Å². The van der Waals surface area contributed by atoms with Gasteiger partial charge in [0.15, 0.2) is 11.5 Å². The predicted octanol–water partition coefficient (Wildman–Crippen LogP) is 1.49. The molecule has 2 heterocycles. The number of hydrogen-bond acceptors (Lipinski definition) is 3. The van der Waals surface area contributed by atoms with Crippen LogP contribution in [-0.2, 0) is 0 Å². The average molecular weight is 268 g/mol. The van der Waals surface area contributed by atoms with E-state index in [0.717, 1.165) is 12.6 Å². The van der Waals surface area contributed by atoms with Crippen LogP contribution in [0.25, 0.3) is 0 Å². The standard InChI is InChI=1S/C13H14F2N2O2/c14-8-6-9(15)11(16-7-8)12(18)17-5-1-2-10(17)13(19)3-4-13/h6-7,10,19H,1-5H2. The van der Waals surface area contributed by atoms with E-state index in [1.165, 1.54) is 4.90 Å². The van der Waals surface area contributed by atoms with Gasteiger partial charge in [-0.05, 0) is 25.7 Å². The Morgan fingerprint density at radius 3 is 2.84 bits per heavy atom. The summed E-state index contributed by atoms with van der Waals surface area (Å²) in [5.74, 6) is -2.34. The van der Waals surface area contributed by atoms with Gasteiger partial charge in [0.05, 0.1) is 17.8 Å². The molecule has 4 nitrogen and oxygen atoms in total. The number of aliphatic hydroxyl groups is 1. The van der Waals surface area contributed by atoms with Gasteiger partial charge in [-0.2, -0.15) is 0 Å². The van der Waals surface area contributed by atoms with E-state index in [2.05, 4.69) is 4.98 Å². The number of carbonyl (C=O) groups is 1. The Kier molecular flexibility index (Phi) is 2.78. The monoisotopic (exact) mass is 268 g/mol. The molecule has 0 bridgehead atoms. The van der Waals surface area contributed by atoms with Crippen LogP contribution in [0.4, 0.5) is 8.78 Å². The van der Waals surface area contributed by atoms with Crippen molar-refractivity contribution in [2.75, 3.05) is 6.54 Å². The maximum absolute atomic E-state index is 13.6. The summed E-state index contributed by atoms with van der Waals surface area (Å²) in [5, 5.41) is 10.1.